The van der Waals surface area contributed by atoms with Crippen LogP contribution in [0.2, 0.25) is 10.0 Å². The zero-order valence-electron chi connectivity index (χ0n) is 13.0. The first-order valence-corrected chi connectivity index (χ1v) is 8.92. The van der Waals surface area contributed by atoms with Crippen LogP contribution in [0.3, 0.4) is 0 Å². The van der Waals surface area contributed by atoms with Crippen molar-refractivity contribution in [2.24, 2.45) is 7.05 Å². The molecule has 4 aromatic rings. The Bertz CT molecular complexity index is 1150. The monoisotopic (exact) mass is 391 g/mol. The predicted octanol–water partition coefficient (Wildman–Crippen LogP) is 3.61. The van der Waals surface area contributed by atoms with Crippen molar-refractivity contribution in [2.75, 3.05) is 0 Å². The molecule has 0 bridgehead atoms. The van der Waals surface area contributed by atoms with E-state index in [4.69, 9.17) is 23.2 Å². The van der Waals surface area contributed by atoms with E-state index in [9.17, 15) is 4.79 Å². The summed E-state index contributed by atoms with van der Waals surface area (Å²) in [6.07, 6.45) is 5.14. The Morgan fingerprint density at radius 3 is 2.88 bits per heavy atom. The predicted molar refractivity (Wildman–Crippen MR) is 99.4 cm³/mol. The van der Waals surface area contributed by atoms with Crippen LogP contribution in [0.4, 0.5) is 0 Å². The number of rotatable bonds is 3. The lowest BCUT2D eigenvalue weighted by atomic mass is 10.2. The Morgan fingerprint density at radius 2 is 2.12 bits per heavy atom. The quantitative estimate of drug-likeness (QED) is 0.534. The van der Waals surface area contributed by atoms with Crippen molar-refractivity contribution in [2.45, 2.75) is 6.54 Å². The lowest BCUT2D eigenvalue weighted by Gasteiger charge is -2.06. The molecule has 0 saturated heterocycles. The molecule has 3 aromatic heterocycles. The van der Waals surface area contributed by atoms with Gasteiger partial charge < -0.3 is 0 Å². The fourth-order valence-electron chi connectivity index (χ4n) is 2.53. The Balaban J connectivity index is 1.71. The van der Waals surface area contributed by atoms with Gasteiger partial charge in [-0.15, -0.1) is 11.3 Å². The molecule has 0 aliphatic carbocycles. The third-order valence-electron chi connectivity index (χ3n) is 3.68. The number of aryl methyl sites for hydroxylation is 1. The van der Waals surface area contributed by atoms with Crippen LogP contribution >= 0.6 is 34.5 Å². The first-order valence-electron chi connectivity index (χ1n) is 7.29. The average molecular weight is 392 g/mol. The number of fused-ring (bicyclic) bond motifs is 1. The molecule has 9 heteroatoms. The molecule has 0 fully saturated rings. The highest BCUT2D eigenvalue weighted by Gasteiger charge is 2.11. The van der Waals surface area contributed by atoms with E-state index >= 15 is 0 Å². The number of benzene rings is 1. The van der Waals surface area contributed by atoms with Gasteiger partial charge in [-0.1, -0.05) is 23.2 Å². The molecule has 0 spiro atoms. The lowest BCUT2D eigenvalue weighted by molar-refractivity contribution is 0.734. The van der Waals surface area contributed by atoms with Gasteiger partial charge in [-0.05, 0) is 12.1 Å². The second-order valence-electron chi connectivity index (χ2n) is 5.51. The zero-order valence-corrected chi connectivity index (χ0v) is 15.3. The van der Waals surface area contributed by atoms with Crippen LogP contribution in [0.15, 0.2) is 41.0 Å². The summed E-state index contributed by atoms with van der Waals surface area (Å²) in [5, 5.41) is 8.08. The first kappa shape index (κ1) is 16.3. The molecule has 3 heterocycles. The molecule has 0 atom stereocenters. The summed E-state index contributed by atoms with van der Waals surface area (Å²) < 4.78 is 3.22. The van der Waals surface area contributed by atoms with Crippen molar-refractivity contribution in [3.63, 3.8) is 0 Å². The molecular weight excluding hydrogens is 381 g/mol. The Kier molecular flexibility index (Phi) is 4.07. The van der Waals surface area contributed by atoms with Gasteiger partial charge in [0.2, 0.25) is 0 Å². The van der Waals surface area contributed by atoms with E-state index in [0.717, 1.165) is 16.3 Å². The maximum absolute atomic E-state index is 12.7. The summed E-state index contributed by atoms with van der Waals surface area (Å²) in [7, 11) is 1.86. The van der Waals surface area contributed by atoms with Crippen molar-refractivity contribution in [3.8, 4) is 10.6 Å². The molecule has 25 heavy (non-hydrogen) atoms. The van der Waals surface area contributed by atoms with E-state index < -0.39 is 0 Å². The van der Waals surface area contributed by atoms with E-state index in [2.05, 4.69) is 15.1 Å². The number of nitrogens with zero attached hydrogens (tertiary/aromatic N) is 5. The molecule has 0 N–H and O–H groups in total. The molecule has 0 saturated carbocycles. The van der Waals surface area contributed by atoms with Crippen LogP contribution in [-0.4, -0.2) is 24.3 Å². The van der Waals surface area contributed by atoms with E-state index in [0.29, 0.717) is 27.5 Å². The fraction of sp³-hybridized carbons (Fsp3) is 0.125. The van der Waals surface area contributed by atoms with Gasteiger partial charge in [-0.3, -0.25) is 14.0 Å². The Labute approximate surface area is 156 Å². The number of aromatic nitrogens is 5. The highest BCUT2D eigenvalue weighted by atomic mass is 35.5. The number of thiazole rings is 1. The van der Waals surface area contributed by atoms with Gasteiger partial charge in [-0.2, -0.15) is 5.10 Å². The normalized spacial score (nSPS) is 11.3. The van der Waals surface area contributed by atoms with Crippen LogP contribution in [0.25, 0.3) is 21.5 Å². The summed E-state index contributed by atoms with van der Waals surface area (Å²) in [6, 6.07) is 3.15. The van der Waals surface area contributed by atoms with Crippen LogP contribution < -0.4 is 5.56 Å². The number of hydrogen-bond acceptors (Lipinski definition) is 5. The molecule has 0 radical (unpaired) electrons. The topological polar surface area (TPSA) is 65.6 Å². The minimum Gasteiger partial charge on any atom is -0.293 e. The summed E-state index contributed by atoms with van der Waals surface area (Å²) >= 11 is 13.6. The summed E-state index contributed by atoms with van der Waals surface area (Å²) in [4.78, 5) is 21.5. The standard InChI is InChI=1S/C16H11Cl2N5OS/c1-22-5-9(4-20-22)15-21-11(7-25-15)6-23-8-19-14-12(16(23)24)2-10(17)3-13(14)18/h2-5,7-8H,6H2,1H3. The van der Waals surface area contributed by atoms with Gasteiger partial charge in [0.25, 0.3) is 5.56 Å². The highest BCUT2D eigenvalue weighted by Crippen LogP contribution is 2.25. The third-order valence-corrected chi connectivity index (χ3v) is 5.13. The minimum atomic E-state index is -0.203. The Morgan fingerprint density at radius 1 is 1.28 bits per heavy atom. The second kappa shape index (κ2) is 6.25. The molecule has 4 rings (SSSR count). The molecule has 1 aromatic carbocycles. The molecule has 6 nitrogen and oxygen atoms in total. The van der Waals surface area contributed by atoms with Gasteiger partial charge >= 0.3 is 0 Å². The van der Waals surface area contributed by atoms with Crippen LogP contribution in [0.5, 0.6) is 0 Å². The summed E-state index contributed by atoms with van der Waals surface area (Å²) in [5.41, 5.74) is 1.97. The molecule has 0 aliphatic rings. The van der Waals surface area contributed by atoms with Crippen molar-refractivity contribution >= 4 is 45.4 Å². The van der Waals surface area contributed by atoms with Crippen LogP contribution in [0.1, 0.15) is 5.69 Å². The molecule has 0 aliphatic heterocycles. The first-order chi connectivity index (χ1) is 12.0. The summed E-state index contributed by atoms with van der Waals surface area (Å²) in [5.74, 6) is 0. The molecular formula is C16H11Cl2N5OS. The average Bonchev–Trinajstić information content (AvgIpc) is 3.19. The van der Waals surface area contributed by atoms with Gasteiger partial charge in [0.15, 0.2) is 0 Å². The smallest absolute Gasteiger partial charge is 0.261 e. The maximum atomic E-state index is 12.7. The fourth-order valence-corrected chi connectivity index (χ4v) is 3.85. The van der Waals surface area contributed by atoms with Gasteiger partial charge in [0, 0.05) is 29.2 Å². The van der Waals surface area contributed by atoms with Crippen molar-refractivity contribution in [1.29, 1.82) is 0 Å². The number of halogens is 2. The van der Waals surface area contributed by atoms with Gasteiger partial charge in [0.1, 0.15) is 5.01 Å². The Hall–Kier alpha value is -2.22. The molecule has 0 amide bonds. The zero-order chi connectivity index (χ0) is 17.6. The van der Waals surface area contributed by atoms with E-state index in [1.807, 2.05) is 18.6 Å². The largest absolute Gasteiger partial charge is 0.293 e. The molecule has 126 valence electrons. The van der Waals surface area contributed by atoms with E-state index in [-0.39, 0.29) is 5.56 Å². The second-order valence-corrected chi connectivity index (χ2v) is 7.21. The highest BCUT2D eigenvalue weighted by molar-refractivity contribution is 7.13. The van der Waals surface area contributed by atoms with Gasteiger partial charge in [-0.25, -0.2) is 9.97 Å². The summed E-state index contributed by atoms with van der Waals surface area (Å²) in [6.45, 7) is 0.322. The van der Waals surface area contributed by atoms with Crippen LogP contribution in [-0.2, 0) is 13.6 Å². The van der Waals surface area contributed by atoms with E-state index in [1.54, 1.807) is 23.0 Å². The lowest BCUT2D eigenvalue weighted by Crippen LogP contribution is -2.21. The van der Waals surface area contributed by atoms with Crippen LogP contribution in [0, 0.1) is 0 Å². The van der Waals surface area contributed by atoms with E-state index in [1.165, 1.54) is 22.2 Å². The van der Waals surface area contributed by atoms with Crippen molar-refractivity contribution in [3.05, 3.63) is 62.3 Å². The van der Waals surface area contributed by atoms with Gasteiger partial charge in [0.05, 0.1) is 40.7 Å². The SMILES string of the molecule is Cn1cc(-c2nc(Cn3cnc4c(Cl)cc(Cl)cc4c3=O)cs2)cn1. The molecule has 0 unspecified atom stereocenters. The maximum Gasteiger partial charge on any atom is 0.261 e. The van der Waals surface area contributed by atoms with Crippen molar-refractivity contribution in [1.82, 2.24) is 24.3 Å². The minimum absolute atomic E-state index is 0.203. The van der Waals surface area contributed by atoms with Crippen molar-refractivity contribution < 1.29 is 0 Å². The third kappa shape index (κ3) is 3.06. The number of hydrogen-bond donors (Lipinski definition) is 0.